The first-order valence-corrected chi connectivity index (χ1v) is 5.69. The molecule has 1 aromatic rings. The number of nitrogens with one attached hydrogen (secondary N) is 1. The zero-order valence-electron chi connectivity index (χ0n) is 8.57. The van der Waals surface area contributed by atoms with Crippen LogP contribution in [-0.4, -0.2) is 34.4 Å². The molecule has 0 saturated heterocycles. The van der Waals surface area contributed by atoms with Crippen molar-refractivity contribution in [1.82, 2.24) is 15.0 Å². The SMILES string of the molecule is CCNc1nc(OCC)nc(SC)n1. The minimum Gasteiger partial charge on any atom is -0.464 e. The monoisotopic (exact) mass is 214 g/mol. The molecule has 0 aliphatic carbocycles. The molecule has 5 nitrogen and oxygen atoms in total. The summed E-state index contributed by atoms with van der Waals surface area (Å²) in [5.41, 5.74) is 0. The fourth-order valence-electron chi connectivity index (χ4n) is 0.860. The lowest BCUT2D eigenvalue weighted by Gasteiger charge is -2.05. The van der Waals surface area contributed by atoms with Gasteiger partial charge >= 0.3 is 6.01 Å². The van der Waals surface area contributed by atoms with Gasteiger partial charge in [0.2, 0.25) is 5.95 Å². The van der Waals surface area contributed by atoms with E-state index >= 15 is 0 Å². The molecule has 0 aliphatic heterocycles. The van der Waals surface area contributed by atoms with E-state index in [1.54, 1.807) is 0 Å². The predicted molar refractivity (Wildman–Crippen MR) is 56.9 cm³/mol. The lowest BCUT2D eigenvalue weighted by atomic mass is 10.7. The zero-order chi connectivity index (χ0) is 10.4. The maximum atomic E-state index is 5.22. The minimum absolute atomic E-state index is 0.378. The van der Waals surface area contributed by atoms with E-state index in [4.69, 9.17) is 4.74 Å². The van der Waals surface area contributed by atoms with E-state index in [0.29, 0.717) is 23.7 Å². The first kappa shape index (κ1) is 11.0. The van der Waals surface area contributed by atoms with E-state index in [1.165, 1.54) is 11.8 Å². The van der Waals surface area contributed by atoms with Crippen LogP contribution in [0, 0.1) is 0 Å². The van der Waals surface area contributed by atoms with E-state index in [0.717, 1.165) is 6.54 Å². The Morgan fingerprint density at radius 2 is 2.07 bits per heavy atom. The van der Waals surface area contributed by atoms with Crippen molar-refractivity contribution in [3.8, 4) is 6.01 Å². The highest BCUT2D eigenvalue weighted by Gasteiger charge is 2.04. The molecule has 14 heavy (non-hydrogen) atoms. The summed E-state index contributed by atoms with van der Waals surface area (Å²) < 4.78 is 5.22. The average molecular weight is 214 g/mol. The van der Waals surface area contributed by atoms with Crippen LogP contribution in [0.5, 0.6) is 6.01 Å². The molecule has 0 saturated carbocycles. The number of rotatable bonds is 5. The Labute approximate surface area is 87.7 Å². The van der Waals surface area contributed by atoms with Crippen LogP contribution in [0.4, 0.5) is 5.95 Å². The number of thioether (sulfide) groups is 1. The van der Waals surface area contributed by atoms with Crippen molar-refractivity contribution in [1.29, 1.82) is 0 Å². The molecule has 0 bridgehead atoms. The van der Waals surface area contributed by atoms with Gasteiger partial charge in [0, 0.05) is 6.54 Å². The Morgan fingerprint density at radius 3 is 2.64 bits per heavy atom. The quantitative estimate of drug-likeness (QED) is 0.748. The Morgan fingerprint density at radius 1 is 1.29 bits per heavy atom. The molecular formula is C8H14N4OS. The molecule has 0 fully saturated rings. The second kappa shape index (κ2) is 5.64. The van der Waals surface area contributed by atoms with Crippen molar-refractivity contribution in [3.05, 3.63) is 0 Å². The highest BCUT2D eigenvalue weighted by atomic mass is 32.2. The van der Waals surface area contributed by atoms with Crippen molar-refractivity contribution >= 4 is 17.7 Å². The minimum atomic E-state index is 0.378. The van der Waals surface area contributed by atoms with Gasteiger partial charge in [-0.25, -0.2) is 0 Å². The molecular weight excluding hydrogens is 200 g/mol. The highest BCUT2D eigenvalue weighted by molar-refractivity contribution is 7.98. The van der Waals surface area contributed by atoms with Gasteiger partial charge in [0.05, 0.1) is 6.61 Å². The molecule has 0 aromatic carbocycles. The van der Waals surface area contributed by atoms with Crippen LogP contribution >= 0.6 is 11.8 Å². The molecule has 1 N–H and O–H groups in total. The van der Waals surface area contributed by atoms with E-state index in [1.807, 2.05) is 20.1 Å². The summed E-state index contributed by atoms with van der Waals surface area (Å²) in [5.74, 6) is 0.565. The largest absolute Gasteiger partial charge is 0.464 e. The normalized spacial score (nSPS) is 9.93. The molecule has 0 aliphatic rings. The van der Waals surface area contributed by atoms with Crippen molar-refractivity contribution in [2.45, 2.75) is 19.0 Å². The fraction of sp³-hybridized carbons (Fsp3) is 0.625. The third kappa shape index (κ3) is 3.02. The van der Waals surface area contributed by atoms with Crippen molar-refractivity contribution in [2.24, 2.45) is 0 Å². The Balaban J connectivity index is 2.88. The summed E-state index contributed by atoms with van der Waals surface area (Å²) in [5, 5.41) is 3.69. The first-order chi connectivity index (χ1) is 6.80. The molecule has 6 heteroatoms. The van der Waals surface area contributed by atoms with Crippen LogP contribution in [0.2, 0.25) is 0 Å². The van der Waals surface area contributed by atoms with Gasteiger partial charge in [-0.15, -0.1) is 0 Å². The number of hydrogen-bond acceptors (Lipinski definition) is 6. The number of ether oxygens (including phenoxy) is 1. The van der Waals surface area contributed by atoms with E-state index < -0.39 is 0 Å². The zero-order valence-corrected chi connectivity index (χ0v) is 9.39. The van der Waals surface area contributed by atoms with Crippen molar-refractivity contribution in [2.75, 3.05) is 24.7 Å². The van der Waals surface area contributed by atoms with Gasteiger partial charge in [-0.05, 0) is 20.1 Å². The maximum Gasteiger partial charge on any atom is 0.322 e. The maximum absolute atomic E-state index is 5.22. The molecule has 1 heterocycles. The Kier molecular flexibility index (Phi) is 4.45. The van der Waals surface area contributed by atoms with Gasteiger partial charge in [0.25, 0.3) is 0 Å². The van der Waals surface area contributed by atoms with E-state index in [2.05, 4.69) is 20.3 Å². The molecule has 0 radical (unpaired) electrons. The van der Waals surface area contributed by atoms with E-state index in [9.17, 15) is 0 Å². The van der Waals surface area contributed by atoms with Gasteiger partial charge < -0.3 is 10.1 Å². The molecule has 0 amide bonds. The molecule has 78 valence electrons. The van der Waals surface area contributed by atoms with Crippen LogP contribution < -0.4 is 10.1 Å². The average Bonchev–Trinajstić information content (AvgIpc) is 2.18. The van der Waals surface area contributed by atoms with Crippen LogP contribution in [0.3, 0.4) is 0 Å². The number of nitrogens with zero attached hydrogens (tertiary/aromatic N) is 3. The first-order valence-electron chi connectivity index (χ1n) is 4.46. The molecule has 1 aromatic heterocycles. The Bertz CT molecular complexity index is 270. The second-order valence-electron chi connectivity index (χ2n) is 2.39. The number of hydrogen-bond donors (Lipinski definition) is 1. The fourth-order valence-corrected chi connectivity index (χ4v) is 1.21. The standard InChI is InChI=1S/C8H14N4OS/c1-4-9-6-10-7(13-5-2)12-8(11-6)14-3/h4-5H2,1-3H3,(H,9,10,11,12). The number of anilines is 1. The third-order valence-corrected chi connectivity index (χ3v) is 1.93. The van der Waals surface area contributed by atoms with E-state index in [-0.39, 0.29) is 0 Å². The Hall–Kier alpha value is -1.04. The van der Waals surface area contributed by atoms with Crippen LogP contribution in [0.15, 0.2) is 5.16 Å². The van der Waals surface area contributed by atoms with Crippen LogP contribution in [-0.2, 0) is 0 Å². The predicted octanol–water partition coefficient (Wildman–Crippen LogP) is 1.42. The molecule has 0 spiro atoms. The van der Waals surface area contributed by atoms with Crippen molar-refractivity contribution < 1.29 is 4.74 Å². The second-order valence-corrected chi connectivity index (χ2v) is 3.17. The molecule has 1 rings (SSSR count). The smallest absolute Gasteiger partial charge is 0.322 e. The third-order valence-electron chi connectivity index (χ3n) is 1.39. The molecule has 0 atom stereocenters. The lowest BCUT2D eigenvalue weighted by Crippen LogP contribution is -2.07. The number of aromatic nitrogens is 3. The summed E-state index contributed by atoms with van der Waals surface area (Å²) in [6.07, 6.45) is 1.92. The summed E-state index contributed by atoms with van der Waals surface area (Å²) in [4.78, 5) is 12.4. The van der Waals surface area contributed by atoms with Gasteiger partial charge in [-0.3, -0.25) is 0 Å². The molecule has 0 unspecified atom stereocenters. The van der Waals surface area contributed by atoms with Gasteiger partial charge in [0.1, 0.15) is 0 Å². The van der Waals surface area contributed by atoms with Crippen LogP contribution in [0.1, 0.15) is 13.8 Å². The van der Waals surface area contributed by atoms with Gasteiger partial charge in [-0.1, -0.05) is 11.8 Å². The lowest BCUT2D eigenvalue weighted by molar-refractivity contribution is 0.308. The highest BCUT2D eigenvalue weighted by Crippen LogP contribution is 2.14. The van der Waals surface area contributed by atoms with Gasteiger partial charge in [-0.2, -0.15) is 15.0 Å². The summed E-state index contributed by atoms with van der Waals surface area (Å²) in [6, 6.07) is 0.378. The summed E-state index contributed by atoms with van der Waals surface area (Å²) in [7, 11) is 0. The van der Waals surface area contributed by atoms with Crippen LogP contribution in [0.25, 0.3) is 0 Å². The van der Waals surface area contributed by atoms with Gasteiger partial charge in [0.15, 0.2) is 5.16 Å². The topological polar surface area (TPSA) is 59.9 Å². The summed E-state index contributed by atoms with van der Waals surface area (Å²) >= 11 is 1.47. The summed E-state index contributed by atoms with van der Waals surface area (Å²) in [6.45, 7) is 5.23. The van der Waals surface area contributed by atoms with Crippen molar-refractivity contribution in [3.63, 3.8) is 0 Å².